The molecule has 0 aliphatic carbocycles. The van der Waals surface area contributed by atoms with E-state index in [1.807, 2.05) is 55.1 Å². The minimum atomic E-state index is 0.221. The molecule has 0 saturated heterocycles. The first-order valence-corrected chi connectivity index (χ1v) is 10.8. The molecule has 0 saturated carbocycles. The van der Waals surface area contributed by atoms with Gasteiger partial charge in [-0.25, -0.2) is 0 Å². The van der Waals surface area contributed by atoms with Crippen molar-refractivity contribution in [1.29, 1.82) is 0 Å². The van der Waals surface area contributed by atoms with Gasteiger partial charge in [0.15, 0.2) is 16.7 Å². The van der Waals surface area contributed by atoms with Crippen LogP contribution in [0.2, 0.25) is 5.02 Å². The Morgan fingerprint density at radius 3 is 2.83 bits per heavy atom. The van der Waals surface area contributed by atoms with E-state index in [4.69, 9.17) is 25.8 Å². The summed E-state index contributed by atoms with van der Waals surface area (Å²) in [7, 11) is 5.66. The Balaban J connectivity index is 1.39. The average molecular weight is 447 g/mol. The van der Waals surface area contributed by atoms with Crippen molar-refractivity contribution in [2.45, 2.75) is 24.0 Å². The molecule has 7 nitrogen and oxygen atoms in total. The molecule has 0 amide bonds. The van der Waals surface area contributed by atoms with E-state index in [1.165, 1.54) is 0 Å². The second kappa shape index (κ2) is 9.16. The number of methoxy groups -OCH3 is 1. The fourth-order valence-corrected chi connectivity index (χ4v) is 4.47. The largest absolute Gasteiger partial charge is 0.493 e. The zero-order valence-electron chi connectivity index (χ0n) is 17.1. The molecule has 4 rings (SSSR count). The number of ether oxygens (including phenoxy) is 3. The normalized spacial score (nSPS) is 12.6. The van der Waals surface area contributed by atoms with Crippen LogP contribution >= 0.6 is 23.4 Å². The van der Waals surface area contributed by atoms with Gasteiger partial charge in [-0.15, -0.1) is 10.2 Å². The fourth-order valence-electron chi connectivity index (χ4n) is 3.25. The van der Waals surface area contributed by atoms with Crippen molar-refractivity contribution in [3.05, 3.63) is 58.4 Å². The summed E-state index contributed by atoms with van der Waals surface area (Å²) >= 11 is 7.87. The first-order valence-electron chi connectivity index (χ1n) is 9.44. The van der Waals surface area contributed by atoms with Gasteiger partial charge in [0.05, 0.1) is 13.7 Å². The number of benzene rings is 2. The summed E-state index contributed by atoms with van der Waals surface area (Å²) in [5.74, 6) is 3.71. The Hall–Kier alpha value is -2.42. The Bertz CT molecular complexity index is 1040. The van der Waals surface area contributed by atoms with Crippen LogP contribution in [0.5, 0.6) is 17.2 Å². The van der Waals surface area contributed by atoms with E-state index in [0.717, 1.165) is 38.6 Å². The van der Waals surface area contributed by atoms with Crippen molar-refractivity contribution in [3.8, 4) is 17.2 Å². The summed E-state index contributed by atoms with van der Waals surface area (Å²) in [5.41, 5.74) is 2.16. The van der Waals surface area contributed by atoms with Gasteiger partial charge in [-0.1, -0.05) is 41.6 Å². The molecular formula is C21H23ClN4O3S. The molecule has 0 unspecified atom stereocenters. The molecule has 0 spiro atoms. The van der Waals surface area contributed by atoms with Crippen LogP contribution in [0.25, 0.3) is 0 Å². The van der Waals surface area contributed by atoms with E-state index in [0.29, 0.717) is 24.6 Å². The van der Waals surface area contributed by atoms with Crippen molar-refractivity contribution < 1.29 is 14.2 Å². The minimum absolute atomic E-state index is 0.221. The van der Waals surface area contributed by atoms with Crippen LogP contribution in [0.1, 0.15) is 17.0 Å². The Kier molecular flexibility index (Phi) is 6.36. The molecule has 2 heterocycles. The van der Waals surface area contributed by atoms with Crippen LogP contribution in [-0.2, 0) is 25.9 Å². The van der Waals surface area contributed by atoms with Crippen molar-refractivity contribution in [2.75, 3.05) is 21.0 Å². The van der Waals surface area contributed by atoms with Crippen molar-refractivity contribution in [1.82, 2.24) is 19.7 Å². The van der Waals surface area contributed by atoms with Gasteiger partial charge in [0, 0.05) is 24.4 Å². The van der Waals surface area contributed by atoms with E-state index < -0.39 is 0 Å². The summed E-state index contributed by atoms with van der Waals surface area (Å²) < 4.78 is 18.4. The summed E-state index contributed by atoms with van der Waals surface area (Å²) in [6.45, 7) is 1.59. The maximum atomic E-state index is 6.25. The monoisotopic (exact) mass is 446 g/mol. The first kappa shape index (κ1) is 20.8. The molecule has 0 bridgehead atoms. The van der Waals surface area contributed by atoms with Gasteiger partial charge in [-0.05, 0) is 36.4 Å². The second-order valence-electron chi connectivity index (χ2n) is 7.04. The Labute approximate surface area is 184 Å². The third kappa shape index (κ3) is 4.50. The lowest BCUT2D eigenvalue weighted by molar-refractivity contribution is 0.171. The predicted octanol–water partition coefficient (Wildman–Crippen LogP) is 4.13. The van der Waals surface area contributed by atoms with E-state index in [-0.39, 0.29) is 6.79 Å². The van der Waals surface area contributed by atoms with Crippen molar-refractivity contribution in [3.63, 3.8) is 0 Å². The highest BCUT2D eigenvalue weighted by Gasteiger charge is 2.21. The van der Waals surface area contributed by atoms with Gasteiger partial charge in [0.2, 0.25) is 12.5 Å². The summed E-state index contributed by atoms with van der Waals surface area (Å²) in [5, 5.41) is 10.4. The number of thioether (sulfide) groups is 1. The smallest absolute Gasteiger partial charge is 0.231 e. The standard InChI is InChI=1S/C21H23ClN4O3S/c1-25(10-14-8-17(27-3)20-18(9-14)28-13-29-20)11-19-23-24-21(26(19)2)30-12-15-6-4-5-7-16(15)22/h4-9H,10-13H2,1-3H3. The maximum Gasteiger partial charge on any atom is 0.231 e. The molecule has 0 fully saturated rings. The van der Waals surface area contributed by atoms with E-state index in [1.54, 1.807) is 18.9 Å². The lowest BCUT2D eigenvalue weighted by atomic mass is 10.1. The molecule has 0 N–H and O–H groups in total. The Morgan fingerprint density at radius 2 is 2.03 bits per heavy atom. The highest BCUT2D eigenvalue weighted by atomic mass is 35.5. The topological polar surface area (TPSA) is 61.6 Å². The van der Waals surface area contributed by atoms with E-state index in [9.17, 15) is 0 Å². The molecule has 1 aliphatic rings. The SMILES string of the molecule is COc1cc(CN(C)Cc2nnc(SCc3ccccc3Cl)n2C)cc2c1OCO2. The van der Waals surface area contributed by atoms with Crippen LogP contribution < -0.4 is 14.2 Å². The minimum Gasteiger partial charge on any atom is -0.493 e. The number of aromatic nitrogens is 3. The van der Waals surface area contributed by atoms with Crippen LogP contribution in [-0.4, -0.2) is 40.6 Å². The lowest BCUT2D eigenvalue weighted by Gasteiger charge is -2.17. The fraction of sp³-hybridized carbons (Fsp3) is 0.333. The summed E-state index contributed by atoms with van der Waals surface area (Å²) in [6, 6.07) is 11.8. The third-order valence-corrected chi connectivity index (χ3v) is 6.26. The summed E-state index contributed by atoms with van der Waals surface area (Å²) in [4.78, 5) is 2.17. The van der Waals surface area contributed by atoms with E-state index >= 15 is 0 Å². The maximum absolute atomic E-state index is 6.25. The van der Waals surface area contributed by atoms with Gasteiger partial charge < -0.3 is 18.8 Å². The van der Waals surface area contributed by atoms with Gasteiger partial charge in [0.25, 0.3) is 0 Å². The molecule has 158 valence electrons. The molecule has 3 aromatic rings. The van der Waals surface area contributed by atoms with Crippen LogP contribution in [0.4, 0.5) is 0 Å². The number of fused-ring (bicyclic) bond motifs is 1. The van der Waals surface area contributed by atoms with Gasteiger partial charge in [-0.2, -0.15) is 0 Å². The number of hydrogen-bond acceptors (Lipinski definition) is 7. The lowest BCUT2D eigenvalue weighted by Crippen LogP contribution is -2.19. The third-order valence-electron chi connectivity index (χ3n) is 4.82. The second-order valence-corrected chi connectivity index (χ2v) is 8.39. The predicted molar refractivity (Wildman–Crippen MR) is 116 cm³/mol. The van der Waals surface area contributed by atoms with Crippen molar-refractivity contribution >= 4 is 23.4 Å². The zero-order chi connectivity index (χ0) is 21.1. The molecule has 0 atom stereocenters. The first-order chi connectivity index (χ1) is 14.5. The average Bonchev–Trinajstić information content (AvgIpc) is 3.34. The number of halogens is 1. The Morgan fingerprint density at radius 1 is 1.20 bits per heavy atom. The molecule has 0 radical (unpaired) electrons. The van der Waals surface area contributed by atoms with Crippen LogP contribution in [0.3, 0.4) is 0 Å². The van der Waals surface area contributed by atoms with Crippen molar-refractivity contribution in [2.24, 2.45) is 7.05 Å². The molecule has 1 aromatic heterocycles. The van der Waals surface area contributed by atoms with Gasteiger partial charge >= 0.3 is 0 Å². The molecule has 9 heteroatoms. The molecular weight excluding hydrogens is 424 g/mol. The zero-order valence-corrected chi connectivity index (χ0v) is 18.7. The highest BCUT2D eigenvalue weighted by Crippen LogP contribution is 2.42. The number of rotatable bonds is 8. The van der Waals surface area contributed by atoms with Gasteiger partial charge in [-0.3, -0.25) is 4.90 Å². The molecule has 2 aromatic carbocycles. The highest BCUT2D eigenvalue weighted by molar-refractivity contribution is 7.98. The molecule has 1 aliphatic heterocycles. The molecule has 30 heavy (non-hydrogen) atoms. The van der Waals surface area contributed by atoms with Crippen LogP contribution in [0.15, 0.2) is 41.6 Å². The van der Waals surface area contributed by atoms with Gasteiger partial charge in [0.1, 0.15) is 5.82 Å². The summed E-state index contributed by atoms with van der Waals surface area (Å²) in [6.07, 6.45) is 0. The van der Waals surface area contributed by atoms with Crippen LogP contribution in [0, 0.1) is 0 Å². The number of nitrogens with zero attached hydrogens (tertiary/aromatic N) is 4. The number of hydrogen-bond donors (Lipinski definition) is 0. The quantitative estimate of drug-likeness (QED) is 0.482. The van der Waals surface area contributed by atoms with E-state index in [2.05, 4.69) is 15.1 Å².